The number of carbonyl (C=O) groups excluding carboxylic acids is 1. The summed E-state index contributed by atoms with van der Waals surface area (Å²) in [7, 11) is 1.60. The van der Waals surface area contributed by atoms with Crippen LogP contribution in [0.15, 0.2) is 72.8 Å². The smallest absolute Gasteiger partial charge is 0.246 e. The zero-order chi connectivity index (χ0) is 26.9. The molecule has 196 valence electrons. The van der Waals surface area contributed by atoms with Crippen molar-refractivity contribution in [3.05, 3.63) is 83.9 Å². The standard InChI is InChI=1S/C29H33N7O2/c1-5-20-7-11-23(12-8-20)32-28-34-27(35-29(36-28)33-24-13-9-21(6-2)10-14-24)30-19(3)26(37)31-22-15-17-25(38-4)18-16-22/h7-19H,5-6H2,1-4H3,(H,31,37)(H3,30,32,33,34,35,36)/t19-/m1/s1. The summed E-state index contributed by atoms with van der Waals surface area (Å²) in [6.07, 6.45) is 1.92. The van der Waals surface area contributed by atoms with Crippen molar-refractivity contribution in [2.75, 3.05) is 28.4 Å². The third-order valence-corrected chi connectivity index (χ3v) is 5.97. The average molecular weight is 512 g/mol. The van der Waals surface area contributed by atoms with E-state index in [4.69, 9.17) is 4.74 Å². The SMILES string of the molecule is CCc1ccc(Nc2nc(Nc3ccc(CC)cc3)nc(N[C@H](C)C(=O)Nc3ccc(OC)cc3)n2)cc1. The van der Waals surface area contributed by atoms with Crippen LogP contribution in [0.3, 0.4) is 0 Å². The average Bonchev–Trinajstić information content (AvgIpc) is 2.94. The van der Waals surface area contributed by atoms with E-state index >= 15 is 0 Å². The van der Waals surface area contributed by atoms with Crippen LogP contribution in [0.2, 0.25) is 0 Å². The van der Waals surface area contributed by atoms with E-state index in [2.05, 4.69) is 74.3 Å². The van der Waals surface area contributed by atoms with Crippen LogP contribution in [-0.4, -0.2) is 34.0 Å². The molecule has 3 aromatic carbocycles. The van der Waals surface area contributed by atoms with E-state index in [1.807, 2.05) is 24.3 Å². The molecule has 0 fully saturated rings. The number of nitrogens with one attached hydrogen (secondary N) is 4. The molecule has 0 unspecified atom stereocenters. The number of aryl methyl sites for hydroxylation is 2. The minimum absolute atomic E-state index is 0.232. The lowest BCUT2D eigenvalue weighted by Crippen LogP contribution is -2.32. The molecule has 0 spiro atoms. The minimum Gasteiger partial charge on any atom is -0.497 e. The Labute approximate surface area is 223 Å². The third-order valence-electron chi connectivity index (χ3n) is 5.97. The zero-order valence-electron chi connectivity index (χ0n) is 22.1. The van der Waals surface area contributed by atoms with E-state index < -0.39 is 6.04 Å². The van der Waals surface area contributed by atoms with Gasteiger partial charge in [0.1, 0.15) is 11.8 Å². The van der Waals surface area contributed by atoms with Gasteiger partial charge in [-0.05, 0) is 79.4 Å². The molecule has 4 aromatic rings. The number of benzene rings is 3. The molecule has 0 aliphatic heterocycles. The molecule has 1 amide bonds. The highest BCUT2D eigenvalue weighted by atomic mass is 16.5. The molecule has 0 saturated carbocycles. The maximum atomic E-state index is 12.8. The third kappa shape index (κ3) is 7.19. The number of nitrogens with zero attached hydrogens (tertiary/aromatic N) is 3. The van der Waals surface area contributed by atoms with E-state index in [0.717, 1.165) is 24.2 Å². The predicted molar refractivity (Wildman–Crippen MR) is 153 cm³/mol. The normalized spacial score (nSPS) is 11.4. The van der Waals surface area contributed by atoms with Crippen LogP contribution < -0.4 is 26.0 Å². The molecule has 0 bridgehead atoms. The van der Waals surface area contributed by atoms with Crippen LogP contribution in [0.5, 0.6) is 5.75 Å². The molecule has 0 aliphatic rings. The fraction of sp³-hybridized carbons (Fsp3) is 0.241. The van der Waals surface area contributed by atoms with Gasteiger partial charge in [0.25, 0.3) is 0 Å². The highest BCUT2D eigenvalue weighted by molar-refractivity contribution is 5.96. The van der Waals surface area contributed by atoms with Gasteiger partial charge >= 0.3 is 0 Å². The topological polar surface area (TPSA) is 113 Å². The lowest BCUT2D eigenvalue weighted by Gasteiger charge is -2.16. The monoisotopic (exact) mass is 511 g/mol. The minimum atomic E-state index is -0.618. The van der Waals surface area contributed by atoms with Crippen molar-refractivity contribution >= 4 is 40.8 Å². The zero-order valence-corrected chi connectivity index (χ0v) is 22.1. The number of rotatable bonds is 11. The number of amides is 1. The first kappa shape index (κ1) is 26.4. The van der Waals surface area contributed by atoms with Crippen LogP contribution in [0.1, 0.15) is 31.9 Å². The van der Waals surface area contributed by atoms with Gasteiger partial charge in [-0.3, -0.25) is 4.79 Å². The van der Waals surface area contributed by atoms with Crippen LogP contribution in [0.25, 0.3) is 0 Å². The number of ether oxygens (including phenoxy) is 1. The number of anilines is 6. The van der Waals surface area contributed by atoms with Crippen LogP contribution in [0, 0.1) is 0 Å². The quantitative estimate of drug-likeness (QED) is 0.196. The molecule has 4 rings (SSSR count). The first-order chi connectivity index (χ1) is 18.4. The van der Waals surface area contributed by atoms with E-state index in [0.29, 0.717) is 23.3 Å². The molecule has 38 heavy (non-hydrogen) atoms. The molecule has 9 heteroatoms. The van der Waals surface area contributed by atoms with Gasteiger partial charge in [0.05, 0.1) is 7.11 Å². The van der Waals surface area contributed by atoms with Crippen LogP contribution in [0.4, 0.5) is 34.9 Å². The van der Waals surface area contributed by atoms with Crippen LogP contribution in [-0.2, 0) is 17.6 Å². The summed E-state index contributed by atoms with van der Waals surface area (Å²) in [5.41, 5.74) is 4.84. The summed E-state index contributed by atoms with van der Waals surface area (Å²) in [6.45, 7) is 5.97. The first-order valence-corrected chi connectivity index (χ1v) is 12.6. The predicted octanol–water partition coefficient (Wildman–Crippen LogP) is 5.93. The molecule has 1 heterocycles. The summed E-state index contributed by atoms with van der Waals surface area (Å²) in [4.78, 5) is 26.4. The number of methoxy groups -OCH3 is 1. The Bertz CT molecular complexity index is 1270. The summed E-state index contributed by atoms with van der Waals surface area (Å²) in [5, 5.41) is 12.5. The maximum absolute atomic E-state index is 12.8. The Morgan fingerprint density at radius 3 is 1.61 bits per heavy atom. The summed E-state index contributed by atoms with van der Waals surface area (Å²) >= 11 is 0. The summed E-state index contributed by atoms with van der Waals surface area (Å²) in [6, 6.07) is 22.7. The Hall–Kier alpha value is -4.66. The molecule has 1 atom stereocenters. The second-order valence-corrected chi connectivity index (χ2v) is 8.74. The largest absolute Gasteiger partial charge is 0.497 e. The molecular weight excluding hydrogens is 478 g/mol. The van der Waals surface area contributed by atoms with Gasteiger partial charge in [-0.2, -0.15) is 15.0 Å². The fourth-order valence-corrected chi connectivity index (χ4v) is 3.64. The van der Waals surface area contributed by atoms with Gasteiger partial charge in [-0.25, -0.2) is 0 Å². The number of hydrogen-bond acceptors (Lipinski definition) is 8. The van der Waals surface area contributed by atoms with Gasteiger partial charge in [-0.15, -0.1) is 0 Å². The Balaban J connectivity index is 1.53. The molecule has 0 radical (unpaired) electrons. The number of aromatic nitrogens is 3. The Morgan fingerprint density at radius 2 is 1.16 bits per heavy atom. The lowest BCUT2D eigenvalue weighted by atomic mass is 10.1. The molecule has 0 aliphatic carbocycles. The second-order valence-electron chi connectivity index (χ2n) is 8.74. The lowest BCUT2D eigenvalue weighted by molar-refractivity contribution is -0.116. The molecular formula is C29H33N7O2. The number of hydrogen-bond donors (Lipinski definition) is 4. The summed E-state index contributed by atoms with van der Waals surface area (Å²) in [5.74, 6) is 1.44. The second kappa shape index (κ2) is 12.5. The number of carbonyl (C=O) groups is 1. The highest BCUT2D eigenvalue weighted by Gasteiger charge is 2.16. The van der Waals surface area contributed by atoms with Crippen molar-refractivity contribution in [1.29, 1.82) is 0 Å². The van der Waals surface area contributed by atoms with Gasteiger partial charge in [0.15, 0.2) is 0 Å². The van der Waals surface area contributed by atoms with E-state index in [-0.39, 0.29) is 11.9 Å². The Kier molecular flexibility index (Phi) is 8.71. The van der Waals surface area contributed by atoms with E-state index in [1.165, 1.54) is 11.1 Å². The van der Waals surface area contributed by atoms with Gasteiger partial charge in [-0.1, -0.05) is 38.1 Å². The van der Waals surface area contributed by atoms with Gasteiger partial charge in [0, 0.05) is 17.1 Å². The molecule has 0 saturated heterocycles. The van der Waals surface area contributed by atoms with Crippen molar-refractivity contribution in [3.63, 3.8) is 0 Å². The maximum Gasteiger partial charge on any atom is 0.246 e. The molecule has 4 N–H and O–H groups in total. The van der Waals surface area contributed by atoms with Gasteiger partial charge in [0.2, 0.25) is 23.8 Å². The molecule has 1 aromatic heterocycles. The van der Waals surface area contributed by atoms with Gasteiger partial charge < -0.3 is 26.0 Å². The Morgan fingerprint density at radius 1 is 0.711 bits per heavy atom. The van der Waals surface area contributed by atoms with Crippen LogP contribution >= 0.6 is 0 Å². The van der Waals surface area contributed by atoms with Crippen molar-refractivity contribution in [3.8, 4) is 5.75 Å². The van der Waals surface area contributed by atoms with Crippen molar-refractivity contribution in [2.45, 2.75) is 39.7 Å². The summed E-state index contributed by atoms with van der Waals surface area (Å²) < 4.78 is 5.17. The fourth-order valence-electron chi connectivity index (χ4n) is 3.64. The van der Waals surface area contributed by atoms with Crippen molar-refractivity contribution in [1.82, 2.24) is 15.0 Å². The van der Waals surface area contributed by atoms with E-state index in [9.17, 15) is 4.79 Å². The molecule has 9 nitrogen and oxygen atoms in total. The first-order valence-electron chi connectivity index (χ1n) is 12.6. The highest BCUT2D eigenvalue weighted by Crippen LogP contribution is 2.21. The van der Waals surface area contributed by atoms with Crippen molar-refractivity contribution < 1.29 is 9.53 Å². The van der Waals surface area contributed by atoms with E-state index in [1.54, 1.807) is 38.3 Å². The van der Waals surface area contributed by atoms with Crippen molar-refractivity contribution in [2.24, 2.45) is 0 Å².